The highest BCUT2D eigenvalue weighted by Crippen LogP contribution is 2.22. The van der Waals surface area contributed by atoms with E-state index in [0.717, 1.165) is 11.3 Å². The highest BCUT2D eigenvalue weighted by Gasteiger charge is 2.39. The van der Waals surface area contributed by atoms with E-state index in [4.69, 9.17) is 4.74 Å². The lowest BCUT2D eigenvalue weighted by molar-refractivity contribution is 0.0610. The van der Waals surface area contributed by atoms with Gasteiger partial charge in [-0.1, -0.05) is 30.3 Å². The lowest BCUT2D eigenvalue weighted by atomic mass is 10.1. The average Bonchev–Trinajstić information content (AvgIpc) is 3.18. The van der Waals surface area contributed by atoms with Crippen molar-refractivity contribution in [3.63, 3.8) is 0 Å². The monoisotopic (exact) mass is 326 g/mol. The predicted octanol–water partition coefficient (Wildman–Crippen LogP) is 1.36. The maximum absolute atomic E-state index is 12.8. The lowest BCUT2D eigenvalue weighted by Crippen LogP contribution is -2.53. The molecule has 7 heteroatoms. The molecule has 124 valence electrons. The molecule has 4 rings (SSSR count). The van der Waals surface area contributed by atoms with E-state index in [0.29, 0.717) is 31.9 Å². The maximum atomic E-state index is 12.8. The summed E-state index contributed by atoms with van der Waals surface area (Å²) in [5, 5.41) is 4.38. The van der Waals surface area contributed by atoms with Crippen molar-refractivity contribution < 1.29 is 14.3 Å². The first-order chi connectivity index (χ1) is 11.6. The summed E-state index contributed by atoms with van der Waals surface area (Å²) in [4.78, 5) is 27.8. The van der Waals surface area contributed by atoms with E-state index in [1.165, 1.54) is 0 Å². The molecule has 7 nitrogen and oxygen atoms in total. The Balaban J connectivity index is 1.54. The SMILES string of the molecule is Cn1nc(C(=O)N2CCN3C(=O)OC[C@H]3C2)cc1-c1ccccc1. The summed E-state index contributed by atoms with van der Waals surface area (Å²) >= 11 is 0. The topological polar surface area (TPSA) is 67.7 Å². The number of amides is 2. The number of hydrogen-bond donors (Lipinski definition) is 0. The van der Waals surface area contributed by atoms with Crippen molar-refractivity contribution in [3.05, 3.63) is 42.1 Å². The van der Waals surface area contributed by atoms with Crippen molar-refractivity contribution in [1.82, 2.24) is 19.6 Å². The highest BCUT2D eigenvalue weighted by molar-refractivity contribution is 5.93. The summed E-state index contributed by atoms with van der Waals surface area (Å²) in [7, 11) is 1.83. The van der Waals surface area contributed by atoms with Crippen LogP contribution in [0.25, 0.3) is 11.3 Å². The fourth-order valence-electron chi connectivity index (χ4n) is 3.29. The molecule has 2 amide bonds. The van der Waals surface area contributed by atoms with Crippen molar-refractivity contribution in [2.45, 2.75) is 6.04 Å². The molecule has 0 unspecified atom stereocenters. The van der Waals surface area contributed by atoms with Gasteiger partial charge in [0, 0.05) is 26.7 Å². The number of aromatic nitrogens is 2. The van der Waals surface area contributed by atoms with Gasteiger partial charge in [-0.05, 0) is 11.6 Å². The zero-order chi connectivity index (χ0) is 16.7. The molecule has 0 saturated carbocycles. The average molecular weight is 326 g/mol. The zero-order valence-corrected chi connectivity index (χ0v) is 13.4. The van der Waals surface area contributed by atoms with Gasteiger partial charge >= 0.3 is 6.09 Å². The van der Waals surface area contributed by atoms with E-state index < -0.39 is 0 Å². The summed E-state index contributed by atoms with van der Waals surface area (Å²) < 4.78 is 6.77. The summed E-state index contributed by atoms with van der Waals surface area (Å²) in [5.74, 6) is -0.105. The number of carbonyl (C=O) groups is 2. The maximum Gasteiger partial charge on any atom is 0.410 e. The van der Waals surface area contributed by atoms with Gasteiger partial charge in [0.2, 0.25) is 0 Å². The number of piperazine rings is 1. The number of cyclic esters (lactones) is 1. The number of rotatable bonds is 2. The van der Waals surface area contributed by atoms with E-state index in [-0.39, 0.29) is 18.0 Å². The molecular formula is C17H18N4O3. The Morgan fingerprint density at radius 3 is 2.83 bits per heavy atom. The molecule has 2 fully saturated rings. The number of nitrogens with zero attached hydrogens (tertiary/aromatic N) is 4. The third-order valence-electron chi connectivity index (χ3n) is 4.57. The first-order valence-corrected chi connectivity index (χ1v) is 7.95. The van der Waals surface area contributed by atoms with Crippen LogP contribution in [0.4, 0.5) is 4.79 Å². The minimum Gasteiger partial charge on any atom is -0.447 e. The Labute approximate surface area is 139 Å². The van der Waals surface area contributed by atoms with Crippen LogP contribution in [0.3, 0.4) is 0 Å². The second kappa shape index (κ2) is 5.67. The Morgan fingerprint density at radius 2 is 2.04 bits per heavy atom. The first kappa shape index (κ1) is 14.7. The van der Waals surface area contributed by atoms with Crippen molar-refractivity contribution in [2.24, 2.45) is 7.05 Å². The summed E-state index contributed by atoms with van der Waals surface area (Å²) in [6.07, 6.45) is -0.281. The third kappa shape index (κ3) is 2.42. The molecule has 0 N–H and O–H groups in total. The molecule has 1 atom stereocenters. The second-order valence-corrected chi connectivity index (χ2v) is 6.08. The second-order valence-electron chi connectivity index (χ2n) is 6.08. The van der Waals surface area contributed by atoms with Gasteiger partial charge in [0.15, 0.2) is 5.69 Å². The number of ether oxygens (including phenoxy) is 1. The van der Waals surface area contributed by atoms with Crippen LogP contribution in [-0.4, -0.2) is 63.9 Å². The van der Waals surface area contributed by atoms with Crippen LogP contribution in [0.1, 0.15) is 10.5 Å². The van der Waals surface area contributed by atoms with E-state index >= 15 is 0 Å². The van der Waals surface area contributed by atoms with Crippen molar-refractivity contribution in [2.75, 3.05) is 26.2 Å². The van der Waals surface area contributed by atoms with Crippen LogP contribution in [-0.2, 0) is 11.8 Å². The zero-order valence-electron chi connectivity index (χ0n) is 13.4. The van der Waals surface area contributed by atoms with E-state index in [1.807, 2.05) is 43.4 Å². The van der Waals surface area contributed by atoms with Gasteiger partial charge in [-0.15, -0.1) is 0 Å². The van der Waals surface area contributed by atoms with Gasteiger partial charge in [0.1, 0.15) is 6.61 Å². The predicted molar refractivity (Wildman–Crippen MR) is 86.4 cm³/mol. The highest BCUT2D eigenvalue weighted by atomic mass is 16.6. The third-order valence-corrected chi connectivity index (χ3v) is 4.57. The Hall–Kier alpha value is -2.83. The largest absolute Gasteiger partial charge is 0.447 e. The molecule has 3 heterocycles. The molecule has 0 aliphatic carbocycles. The molecule has 0 radical (unpaired) electrons. The van der Waals surface area contributed by atoms with Gasteiger partial charge in [-0.2, -0.15) is 5.10 Å². The summed E-state index contributed by atoms with van der Waals surface area (Å²) in [6, 6.07) is 11.6. The molecule has 0 spiro atoms. The van der Waals surface area contributed by atoms with Crippen LogP contribution < -0.4 is 0 Å². The first-order valence-electron chi connectivity index (χ1n) is 7.95. The van der Waals surface area contributed by atoms with E-state index in [9.17, 15) is 9.59 Å². The summed E-state index contributed by atoms with van der Waals surface area (Å²) in [6.45, 7) is 1.84. The van der Waals surface area contributed by atoms with Gasteiger partial charge in [0.25, 0.3) is 5.91 Å². The summed E-state index contributed by atoms with van der Waals surface area (Å²) in [5.41, 5.74) is 2.35. The standard InChI is InChI=1S/C17H18N4O3/c1-19-15(12-5-3-2-4-6-12)9-14(18-19)16(22)20-7-8-21-13(10-20)11-24-17(21)23/h2-6,9,13H,7-8,10-11H2,1H3/t13-/m1/s1. The Morgan fingerprint density at radius 1 is 1.25 bits per heavy atom. The van der Waals surface area contributed by atoms with Crippen LogP contribution in [0.5, 0.6) is 0 Å². The molecule has 2 aliphatic heterocycles. The normalized spacial score (nSPS) is 20.0. The van der Waals surface area contributed by atoms with Gasteiger partial charge < -0.3 is 9.64 Å². The molecular weight excluding hydrogens is 308 g/mol. The molecule has 0 bridgehead atoms. The molecule has 1 aromatic carbocycles. The number of fused-ring (bicyclic) bond motifs is 1. The molecule has 1 aromatic heterocycles. The van der Waals surface area contributed by atoms with Crippen molar-refractivity contribution in [3.8, 4) is 11.3 Å². The van der Waals surface area contributed by atoms with E-state index in [1.54, 1.807) is 14.5 Å². The number of hydrogen-bond acceptors (Lipinski definition) is 4. The number of aryl methyl sites for hydroxylation is 1. The number of benzene rings is 1. The van der Waals surface area contributed by atoms with Crippen LogP contribution in [0.15, 0.2) is 36.4 Å². The molecule has 24 heavy (non-hydrogen) atoms. The Bertz CT molecular complexity index is 786. The molecule has 2 saturated heterocycles. The van der Waals surface area contributed by atoms with Crippen LogP contribution >= 0.6 is 0 Å². The molecule has 2 aliphatic rings. The fourth-order valence-corrected chi connectivity index (χ4v) is 3.29. The van der Waals surface area contributed by atoms with Gasteiger partial charge in [-0.25, -0.2) is 4.79 Å². The van der Waals surface area contributed by atoms with Crippen molar-refractivity contribution in [1.29, 1.82) is 0 Å². The quantitative estimate of drug-likeness (QED) is 0.836. The minimum absolute atomic E-state index is 0.0486. The van der Waals surface area contributed by atoms with Crippen LogP contribution in [0.2, 0.25) is 0 Å². The van der Waals surface area contributed by atoms with Crippen LogP contribution in [0, 0.1) is 0 Å². The smallest absolute Gasteiger partial charge is 0.410 e. The Kier molecular flexibility index (Phi) is 3.48. The number of carbonyl (C=O) groups excluding carboxylic acids is 2. The van der Waals surface area contributed by atoms with Gasteiger partial charge in [-0.3, -0.25) is 14.4 Å². The van der Waals surface area contributed by atoms with E-state index in [2.05, 4.69) is 5.10 Å². The lowest BCUT2D eigenvalue weighted by Gasteiger charge is -2.34. The van der Waals surface area contributed by atoms with Gasteiger partial charge in [0.05, 0.1) is 11.7 Å². The minimum atomic E-state index is -0.281. The molecule has 2 aromatic rings. The van der Waals surface area contributed by atoms with Crippen molar-refractivity contribution >= 4 is 12.0 Å². The fraction of sp³-hybridized carbons (Fsp3) is 0.353.